The quantitative estimate of drug-likeness (QED) is 0.146. The zero-order valence-electron chi connectivity index (χ0n) is 26.0. The maximum absolute atomic E-state index is 13.0. The second-order valence-electron chi connectivity index (χ2n) is 13.0. The average molecular weight is 699 g/mol. The molecule has 1 aliphatic rings. The van der Waals surface area contributed by atoms with Crippen molar-refractivity contribution in [2.45, 2.75) is 132 Å². The van der Waals surface area contributed by atoms with Crippen molar-refractivity contribution in [1.82, 2.24) is 0 Å². The van der Waals surface area contributed by atoms with Crippen LogP contribution in [0.5, 0.6) is 11.5 Å². The number of ether oxygens (including phenoxy) is 2. The molecule has 0 unspecified atom stereocenters. The molecule has 1 aromatic carbocycles. The second-order valence-corrected chi connectivity index (χ2v) is 16.8. The van der Waals surface area contributed by atoms with Crippen LogP contribution in [-0.4, -0.2) is 11.6 Å². The summed E-state index contributed by atoms with van der Waals surface area (Å²) in [7, 11) is 0. The van der Waals surface area contributed by atoms with Gasteiger partial charge in [-0.3, -0.25) is 0 Å². The molecule has 0 saturated heterocycles. The molecule has 6 heteroatoms. The normalized spacial score (nSPS) is 18.4. The molecule has 1 aliphatic heterocycles. The zero-order valence-corrected chi connectivity index (χ0v) is 30.0. The van der Waals surface area contributed by atoms with Crippen LogP contribution in [0.3, 0.4) is 0 Å². The van der Waals surface area contributed by atoms with Gasteiger partial charge in [-0.1, -0.05) is 72.6 Å². The van der Waals surface area contributed by atoms with Crippen molar-refractivity contribution in [3.05, 3.63) is 41.5 Å². The minimum atomic E-state index is -0.337. The third-order valence-electron chi connectivity index (χ3n) is 8.91. The van der Waals surface area contributed by atoms with Crippen LogP contribution in [0, 0.1) is 38.5 Å². The molecule has 2 aromatic rings. The Balaban J connectivity index is 1.53. The summed E-state index contributed by atoms with van der Waals surface area (Å²) in [6.45, 7) is 18.0. The highest BCUT2D eigenvalue weighted by Crippen LogP contribution is 2.45. The fourth-order valence-corrected chi connectivity index (χ4v) is 8.81. The van der Waals surface area contributed by atoms with Gasteiger partial charge in [0.25, 0.3) is 0 Å². The lowest BCUT2D eigenvalue weighted by Gasteiger charge is -2.38. The van der Waals surface area contributed by atoms with E-state index < -0.39 is 0 Å². The van der Waals surface area contributed by atoms with Crippen molar-refractivity contribution in [1.29, 1.82) is 0 Å². The average Bonchev–Trinajstić information content (AvgIpc) is 3.22. The molecule has 2 heterocycles. The summed E-state index contributed by atoms with van der Waals surface area (Å²) < 4.78 is 14.4. The van der Waals surface area contributed by atoms with Crippen molar-refractivity contribution in [3.63, 3.8) is 0 Å². The number of benzene rings is 1. The summed E-state index contributed by atoms with van der Waals surface area (Å²) in [5.74, 6) is 3.80. The minimum absolute atomic E-state index is 0.146. The van der Waals surface area contributed by atoms with Gasteiger partial charge in [0.1, 0.15) is 17.1 Å². The Kier molecular flexibility index (Phi) is 12.7. The van der Waals surface area contributed by atoms with Crippen LogP contribution in [0.25, 0.3) is 0 Å². The molecule has 0 bridgehead atoms. The molecule has 3 nitrogen and oxygen atoms in total. The number of carbonyl (C=O) groups excluding carboxylic acids is 1. The van der Waals surface area contributed by atoms with Crippen molar-refractivity contribution >= 4 is 49.2 Å². The fourth-order valence-electron chi connectivity index (χ4n) is 6.04. The number of esters is 1. The minimum Gasteiger partial charge on any atom is -0.487 e. The van der Waals surface area contributed by atoms with Gasteiger partial charge in [-0.25, -0.2) is 4.79 Å². The smallest absolute Gasteiger partial charge is 0.345 e. The molecule has 3 rings (SSSR count). The maximum atomic E-state index is 13.0. The van der Waals surface area contributed by atoms with Crippen molar-refractivity contribution in [2.75, 3.05) is 0 Å². The molecule has 0 radical (unpaired) electrons. The Hall–Kier alpha value is -0.850. The van der Waals surface area contributed by atoms with Crippen LogP contribution in [0.2, 0.25) is 0 Å². The molecule has 0 fully saturated rings. The van der Waals surface area contributed by atoms with Gasteiger partial charge in [0.2, 0.25) is 0 Å². The molecule has 1 aromatic heterocycles. The number of fused-ring (bicyclic) bond motifs is 1. The first-order chi connectivity index (χ1) is 18.8. The summed E-state index contributed by atoms with van der Waals surface area (Å²) in [6, 6.07) is 1.80. The largest absolute Gasteiger partial charge is 0.487 e. The van der Waals surface area contributed by atoms with Crippen LogP contribution >= 0.6 is 43.2 Å². The zero-order chi connectivity index (χ0) is 29.6. The Labute approximate surface area is 264 Å². The SMILES string of the molecule is Cc1c(C)c2c(c(C)c1OC(=O)c1cc(Br)sc1Br)CC[C@@](C)(CCC[C@H](C)CCC[C@H](C)CCCC(C)C)O2. The van der Waals surface area contributed by atoms with E-state index in [1.165, 1.54) is 68.3 Å². The molecule has 40 heavy (non-hydrogen) atoms. The van der Waals surface area contributed by atoms with E-state index in [4.69, 9.17) is 9.47 Å². The van der Waals surface area contributed by atoms with Crippen molar-refractivity contribution in [3.8, 4) is 11.5 Å². The van der Waals surface area contributed by atoms with Gasteiger partial charge in [-0.05, 0) is 126 Å². The Bertz CT molecular complexity index is 1150. The predicted molar refractivity (Wildman–Crippen MR) is 177 cm³/mol. The van der Waals surface area contributed by atoms with Crippen LogP contribution in [0.15, 0.2) is 13.6 Å². The lowest BCUT2D eigenvalue weighted by Crippen LogP contribution is -2.37. The van der Waals surface area contributed by atoms with Gasteiger partial charge in [-0.15, -0.1) is 11.3 Å². The third kappa shape index (κ3) is 9.07. The molecule has 3 atom stereocenters. The number of thiophene rings is 1. The third-order valence-corrected chi connectivity index (χ3v) is 11.2. The molecular weight excluding hydrogens is 648 g/mol. The lowest BCUT2D eigenvalue weighted by atomic mass is 9.83. The van der Waals surface area contributed by atoms with Crippen molar-refractivity contribution < 1.29 is 14.3 Å². The van der Waals surface area contributed by atoms with Crippen LogP contribution in [-0.2, 0) is 6.42 Å². The Morgan fingerprint density at radius 1 is 0.950 bits per heavy atom. The van der Waals surface area contributed by atoms with Gasteiger partial charge < -0.3 is 9.47 Å². The molecule has 0 aliphatic carbocycles. The monoisotopic (exact) mass is 696 g/mol. The first-order valence-corrected chi connectivity index (χ1v) is 17.7. The summed E-state index contributed by atoms with van der Waals surface area (Å²) in [5.41, 5.74) is 4.66. The summed E-state index contributed by atoms with van der Waals surface area (Å²) >= 11 is 8.41. The Morgan fingerprint density at radius 2 is 1.55 bits per heavy atom. The Morgan fingerprint density at radius 3 is 2.12 bits per heavy atom. The number of hydrogen-bond acceptors (Lipinski definition) is 4. The second kappa shape index (κ2) is 15.0. The summed E-state index contributed by atoms with van der Waals surface area (Å²) in [6.07, 6.45) is 13.7. The van der Waals surface area contributed by atoms with Gasteiger partial charge in [0, 0.05) is 5.56 Å². The molecular formula is C34H50Br2O3S. The first-order valence-electron chi connectivity index (χ1n) is 15.3. The molecule has 0 saturated carbocycles. The molecule has 0 N–H and O–H groups in total. The first kappa shape index (κ1) is 33.6. The number of rotatable bonds is 14. The van der Waals surface area contributed by atoms with Crippen LogP contribution in [0.1, 0.15) is 131 Å². The van der Waals surface area contributed by atoms with Gasteiger partial charge in [-0.2, -0.15) is 0 Å². The number of hydrogen-bond donors (Lipinski definition) is 0. The van der Waals surface area contributed by atoms with E-state index in [1.54, 1.807) is 6.07 Å². The van der Waals surface area contributed by atoms with E-state index in [2.05, 4.69) is 80.3 Å². The standard InChI is InChI=1S/C34H50Br2O3S/c1-21(2)12-9-13-22(3)14-10-15-23(4)16-11-18-34(8)19-17-27-26(7)30(24(5)25(6)31(27)39-34)38-33(37)28-20-29(35)40-32(28)36/h20-23H,9-19H2,1-8H3/t22-,23-,34-/m1/s1. The molecule has 0 amide bonds. The van der Waals surface area contributed by atoms with Crippen molar-refractivity contribution in [2.24, 2.45) is 17.8 Å². The van der Waals surface area contributed by atoms with Crippen LogP contribution in [0.4, 0.5) is 0 Å². The van der Waals surface area contributed by atoms with E-state index in [1.807, 2.05) is 6.92 Å². The van der Waals surface area contributed by atoms with E-state index in [0.717, 1.165) is 67.0 Å². The topological polar surface area (TPSA) is 35.5 Å². The highest BCUT2D eigenvalue weighted by atomic mass is 79.9. The number of halogens is 2. The molecule has 224 valence electrons. The van der Waals surface area contributed by atoms with Gasteiger partial charge in [0.15, 0.2) is 0 Å². The molecule has 0 spiro atoms. The van der Waals surface area contributed by atoms with E-state index in [0.29, 0.717) is 11.3 Å². The van der Waals surface area contributed by atoms with Gasteiger partial charge >= 0.3 is 5.97 Å². The van der Waals surface area contributed by atoms with E-state index in [9.17, 15) is 4.79 Å². The fraction of sp³-hybridized carbons (Fsp3) is 0.676. The highest BCUT2D eigenvalue weighted by molar-refractivity contribution is 9.12. The van der Waals surface area contributed by atoms with E-state index >= 15 is 0 Å². The summed E-state index contributed by atoms with van der Waals surface area (Å²) in [4.78, 5) is 13.0. The highest BCUT2D eigenvalue weighted by Gasteiger charge is 2.35. The predicted octanol–water partition coefficient (Wildman–Crippen LogP) is 11.9. The van der Waals surface area contributed by atoms with Crippen LogP contribution < -0.4 is 9.47 Å². The lowest BCUT2D eigenvalue weighted by molar-refractivity contribution is 0.0508. The van der Waals surface area contributed by atoms with Gasteiger partial charge in [0.05, 0.1) is 13.1 Å². The number of carbonyl (C=O) groups is 1. The summed E-state index contributed by atoms with van der Waals surface area (Å²) in [5, 5.41) is 0. The maximum Gasteiger partial charge on any atom is 0.345 e. The van der Waals surface area contributed by atoms with E-state index in [-0.39, 0.29) is 11.6 Å².